The second-order valence-electron chi connectivity index (χ2n) is 2.42. The number of carboxylic acid groups (broad SMARTS) is 1. The molecule has 0 rings (SSSR count). The minimum Gasteiger partial charge on any atom is -0.487 e. The number of aliphatic carboxylic acids is 1. The van der Waals surface area contributed by atoms with E-state index in [1.807, 2.05) is 6.92 Å². The molecule has 0 aromatic carbocycles. The van der Waals surface area contributed by atoms with Crippen LogP contribution in [0.1, 0.15) is 20.3 Å². The maximum Gasteiger partial charge on any atom is 0.373 e. The highest BCUT2D eigenvalue weighted by atomic mass is 16.6. The normalized spacial score (nSPS) is 10.9. The summed E-state index contributed by atoms with van der Waals surface area (Å²) in [6, 6.07) is 0. The zero-order valence-corrected chi connectivity index (χ0v) is 8.28. The minimum absolute atomic E-state index is 0.223. The predicted octanol–water partition coefficient (Wildman–Crippen LogP) is 0.945. The van der Waals surface area contributed by atoms with Gasteiger partial charge in [-0.2, -0.15) is 0 Å². The van der Waals surface area contributed by atoms with Crippen molar-refractivity contribution in [2.45, 2.75) is 20.3 Å². The highest BCUT2D eigenvalue weighted by molar-refractivity contribution is 5.93. The zero-order chi connectivity index (χ0) is 11.0. The fraction of sp³-hybridized carbons (Fsp3) is 0.556. The number of carbonyl (C=O) groups excluding carboxylic acids is 1. The number of ether oxygens (including phenoxy) is 2. The maximum absolute atomic E-state index is 11.1. The van der Waals surface area contributed by atoms with Crippen molar-refractivity contribution in [3.63, 3.8) is 0 Å². The van der Waals surface area contributed by atoms with E-state index >= 15 is 0 Å². The molecular formula is C9H14O5. The van der Waals surface area contributed by atoms with Crippen LogP contribution in [0.5, 0.6) is 0 Å². The lowest BCUT2D eigenvalue weighted by molar-refractivity contribution is -0.144. The first-order valence-corrected chi connectivity index (χ1v) is 4.36. The van der Waals surface area contributed by atoms with Gasteiger partial charge < -0.3 is 14.6 Å². The molecule has 0 aromatic rings. The second-order valence-corrected chi connectivity index (χ2v) is 2.42. The van der Waals surface area contributed by atoms with Crippen molar-refractivity contribution in [1.29, 1.82) is 0 Å². The highest BCUT2D eigenvalue weighted by Gasteiger charge is 2.13. The van der Waals surface area contributed by atoms with Gasteiger partial charge in [0.15, 0.2) is 0 Å². The van der Waals surface area contributed by atoms with Crippen molar-refractivity contribution in [1.82, 2.24) is 0 Å². The van der Waals surface area contributed by atoms with Gasteiger partial charge in [0.2, 0.25) is 5.76 Å². The molecular weight excluding hydrogens is 188 g/mol. The summed E-state index contributed by atoms with van der Waals surface area (Å²) < 4.78 is 9.53. The van der Waals surface area contributed by atoms with Crippen LogP contribution in [-0.4, -0.2) is 30.3 Å². The number of rotatable bonds is 6. The van der Waals surface area contributed by atoms with Crippen LogP contribution in [0.3, 0.4) is 0 Å². The van der Waals surface area contributed by atoms with Gasteiger partial charge in [-0.25, -0.2) is 9.59 Å². The molecule has 0 saturated heterocycles. The number of esters is 1. The first-order valence-electron chi connectivity index (χ1n) is 4.36. The van der Waals surface area contributed by atoms with E-state index in [1.54, 1.807) is 6.92 Å². The van der Waals surface area contributed by atoms with E-state index in [1.165, 1.54) is 0 Å². The molecule has 0 atom stereocenters. The summed E-state index contributed by atoms with van der Waals surface area (Å²) in [5.74, 6) is -2.24. The van der Waals surface area contributed by atoms with Gasteiger partial charge in [0, 0.05) is 0 Å². The molecule has 5 heteroatoms. The third kappa shape index (κ3) is 5.18. The number of hydrogen-bond acceptors (Lipinski definition) is 4. The van der Waals surface area contributed by atoms with E-state index in [-0.39, 0.29) is 19.0 Å². The number of hydrogen-bond donors (Lipinski definition) is 1. The molecule has 0 spiro atoms. The van der Waals surface area contributed by atoms with Crippen molar-refractivity contribution in [2.75, 3.05) is 13.2 Å². The average Bonchev–Trinajstić information content (AvgIpc) is 2.13. The van der Waals surface area contributed by atoms with E-state index in [0.717, 1.165) is 0 Å². The van der Waals surface area contributed by atoms with Crippen molar-refractivity contribution >= 4 is 11.9 Å². The standard InChI is InChI=1S/C9H14O5/c1-3-5-14-9(12)7(13-4-2)6-8(10)11/h6H,3-5H2,1-2H3,(H,10,11). The van der Waals surface area contributed by atoms with Crippen LogP contribution < -0.4 is 0 Å². The first-order chi connectivity index (χ1) is 6.61. The Morgan fingerprint density at radius 3 is 2.36 bits per heavy atom. The smallest absolute Gasteiger partial charge is 0.373 e. The molecule has 5 nitrogen and oxygen atoms in total. The van der Waals surface area contributed by atoms with Crippen molar-refractivity contribution in [3.8, 4) is 0 Å². The summed E-state index contributed by atoms with van der Waals surface area (Å²) in [5, 5.41) is 8.42. The molecule has 1 N–H and O–H groups in total. The zero-order valence-electron chi connectivity index (χ0n) is 8.28. The average molecular weight is 202 g/mol. The lowest BCUT2D eigenvalue weighted by Crippen LogP contribution is -2.13. The summed E-state index contributed by atoms with van der Waals surface area (Å²) in [6.07, 6.45) is 1.37. The molecule has 0 amide bonds. The van der Waals surface area contributed by atoms with Gasteiger partial charge >= 0.3 is 11.9 Å². The Morgan fingerprint density at radius 2 is 1.93 bits per heavy atom. The summed E-state index contributed by atoms with van der Waals surface area (Å²) in [5.41, 5.74) is 0. The topological polar surface area (TPSA) is 72.8 Å². The van der Waals surface area contributed by atoms with Gasteiger partial charge in [-0.05, 0) is 13.3 Å². The molecule has 0 aromatic heterocycles. The van der Waals surface area contributed by atoms with Crippen LogP contribution in [0.25, 0.3) is 0 Å². The second kappa shape index (κ2) is 6.94. The lowest BCUT2D eigenvalue weighted by atomic mass is 10.4. The van der Waals surface area contributed by atoms with Gasteiger partial charge in [-0.15, -0.1) is 0 Å². The van der Waals surface area contributed by atoms with E-state index in [2.05, 4.69) is 0 Å². The maximum atomic E-state index is 11.1. The summed E-state index contributed by atoms with van der Waals surface area (Å²) in [6.45, 7) is 3.97. The fourth-order valence-corrected chi connectivity index (χ4v) is 0.693. The van der Waals surface area contributed by atoms with Gasteiger partial charge in [-0.1, -0.05) is 6.92 Å². The van der Waals surface area contributed by atoms with Gasteiger partial charge in [0.05, 0.1) is 19.3 Å². The quantitative estimate of drug-likeness (QED) is 0.394. The monoisotopic (exact) mass is 202 g/mol. The molecule has 0 aliphatic rings. The molecule has 0 aliphatic carbocycles. The SMILES string of the molecule is CCCOC(=O)C(=CC(=O)O)OCC. The summed E-state index contributed by atoms with van der Waals surface area (Å²) in [7, 11) is 0. The number of carbonyl (C=O) groups is 2. The van der Waals surface area contributed by atoms with Crippen LogP contribution in [0.4, 0.5) is 0 Å². The summed E-state index contributed by atoms with van der Waals surface area (Å²) >= 11 is 0. The van der Waals surface area contributed by atoms with Crippen LogP contribution in [0.2, 0.25) is 0 Å². The molecule has 0 unspecified atom stereocenters. The Labute approximate surface area is 82.3 Å². The molecule has 14 heavy (non-hydrogen) atoms. The fourth-order valence-electron chi connectivity index (χ4n) is 0.693. The molecule has 0 aliphatic heterocycles. The molecule has 0 fully saturated rings. The summed E-state index contributed by atoms with van der Waals surface area (Å²) in [4.78, 5) is 21.4. The Bertz CT molecular complexity index is 231. The molecule has 0 radical (unpaired) electrons. The van der Waals surface area contributed by atoms with E-state index < -0.39 is 11.9 Å². The number of carboxylic acids is 1. The predicted molar refractivity (Wildman–Crippen MR) is 48.6 cm³/mol. The molecule has 0 saturated carbocycles. The molecule has 80 valence electrons. The lowest BCUT2D eigenvalue weighted by Gasteiger charge is -2.06. The largest absolute Gasteiger partial charge is 0.487 e. The Balaban J connectivity index is 4.33. The minimum atomic E-state index is -1.23. The van der Waals surface area contributed by atoms with Crippen molar-refractivity contribution in [3.05, 3.63) is 11.8 Å². The third-order valence-corrected chi connectivity index (χ3v) is 1.19. The van der Waals surface area contributed by atoms with Crippen molar-refractivity contribution < 1.29 is 24.2 Å². The molecule has 0 bridgehead atoms. The highest BCUT2D eigenvalue weighted by Crippen LogP contribution is 2.01. The Morgan fingerprint density at radius 1 is 1.29 bits per heavy atom. The first kappa shape index (κ1) is 12.5. The van der Waals surface area contributed by atoms with Crippen molar-refractivity contribution in [2.24, 2.45) is 0 Å². The van der Waals surface area contributed by atoms with Gasteiger partial charge in [-0.3, -0.25) is 0 Å². The van der Waals surface area contributed by atoms with Crippen LogP contribution >= 0.6 is 0 Å². The van der Waals surface area contributed by atoms with Crippen LogP contribution in [0.15, 0.2) is 11.8 Å². The van der Waals surface area contributed by atoms with Crippen LogP contribution in [-0.2, 0) is 19.1 Å². The van der Waals surface area contributed by atoms with E-state index in [0.29, 0.717) is 12.5 Å². The van der Waals surface area contributed by atoms with E-state index in [4.69, 9.17) is 14.6 Å². The van der Waals surface area contributed by atoms with E-state index in [9.17, 15) is 9.59 Å². The molecule has 0 heterocycles. The third-order valence-electron chi connectivity index (χ3n) is 1.19. The van der Waals surface area contributed by atoms with Gasteiger partial charge in [0.1, 0.15) is 0 Å². The Hall–Kier alpha value is -1.52. The van der Waals surface area contributed by atoms with Gasteiger partial charge in [0.25, 0.3) is 0 Å². The Kier molecular flexibility index (Phi) is 6.19. The van der Waals surface area contributed by atoms with Crippen LogP contribution in [0, 0.1) is 0 Å².